The molecule has 4 rings (SSSR count). The van der Waals surface area contributed by atoms with Gasteiger partial charge in [-0.25, -0.2) is 4.79 Å². The molecule has 0 spiro atoms. The van der Waals surface area contributed by atoms with Gasteiger partial charge in [-0.2, -0.15) is 0 Å². The molecule has 2 nitrogen and oxygen atoms in total. The van der Waals surface area contributed by atoms with Gasteiger partial charge in [0.25, 0.3) is 0 Å². The van der Waals surface area contributed by atoms with Crippen molar-refractivity contribution in [2.45, 2.75) is 18.8 Å². The second-order valence-corrected chi connectivity index (χ2v) is 5.32. The van der Waals surface area contributed by atoms with Crippen molar-refractivity contribution in [2.75, 3.05) is 7.11 Å². The second kappa shape index (κ2) is 2.81. The van der Waals surface area contributed by atoms with Crippen molar-refractivity contribution >= 4 is 5.97 Å². The number of benzene rings is 1. The summed E-state index contributed by atoms with van der Waals surface area (Å²) in [7, 11) is 1.48. The lowest BCUT2D eigenvalue weighted by Gasteiger charge is -2.11. The highest BCUT2D eigenvalue weighted by Crippen LogP contribution is 2.75. The molecule has 0 radical (unpaired) electrons. The number of rotatable bonds is 1. The van der Waals surface area contributed by atoms with E-state index < -0.39 is 0 Å². The molecule has 86 valence electrons. The summed E-state index contributed by atoms with van der Waals surface area (Å²) in [5, 5.41) is 0. The average Bonchev–Trinajstić information content (AvgIpc) is 2.86. The first-order valence-electron chi connectivity index (χ1n) is 6.13. The zero-order chi connectivity index (χ0) is 11.7. The molecule has 4 atom stereocenters. The van der Waals surface area contributed by atoms with Gasteiger partial charge in [-0.15, -0.1) is 0 Å². The smallest absolute Gasteiger partial charge is 0.334 e. The third-order valence-electron chi connectivity index (χ3n) is 4.78. The molecule has 1 saturated carbocycles. The highest BCUT2D eigenvalue weighted by atomic mass is 16.5. The summed E-state index contributed by atoms with van der Waals surface area (Å²) in [5.74, 6) is 2.06. The maximum absolute atomic E-state index is 11.9. The molecule has 0 aliphatic heterocycles. The predicted molar refractivity (Wildman–Crippen MR) is 63.6 cm³/mol. The molecule has 0 amide bonds. The number of hydrogen-bond acceptors (Lipinski definition) is 2. The molecule has 0 N–H and O–H groups in total. The Hall–Kier alpha value is -1.57. The van der Waals surface area contributed by atoms with Gasteiger partial charge in [0.05, 0.1) is 7.11 Å². The highest BCUT2D eigenvalue weighted by molar-refractivity contribution is 5.93. The number of carbonyl (C=O) groups excluding carboxylic acids is 1. The monoisotopic (exact) mass is 226 g/mol. The minimum absolute atomic E-state index is 0.115. The van der Waals surface area contributed by atoms with E-state index in [4.69, 9.17) is 4.74 Å². The molecule has 1 aromatic rings. The Balaban J connectivity index is 1.87. The zero-order valence-corrected chi connectivity index (χ0v) is 9.94. The van der Waals surface area contributed by atoms with Crippen LogP contribution >= 0.6 is 0 Å². The van der Waals surface area contributed by atoms with E-state index in [-0.39, 0.29) is 5.97 Å². The predicted octanol–water partition coefficient (Wildman–Crippen LogP) is 2.62. The fourth-order valence-electron chi connectivity index (χ4n) is 4.19. The number of ether oxygens (including phenoxy) is 1. The van der Waals surface area contributed by atoms with Gasteiger partial charge in [-0.1, -0.05) is 29.8 Å². The summed E-state index contributed by atoms with van der Waals surface area (Å²) < 4.78 is 4.93. The van der Waals surface area contributed by atoms with Crippen LogP contribution in [0.15, 0.2) is 35.4 Å². The fraction of sp³-hybridized carbons (Fsp3) is 0.400. The van der Waals surface area contributed by atoms with Crippen molar-refractivity contribution in [3.8, 4) is 0 Å². The first kappa shape index (κ1) is 9.46. The number of esters is 1. The minimum atomic E-state index is -0.115. The molecule has 1 fully saturated rings. The number of fused-ring (bicyclic) bond motifs is 4. The van der Waals surface area contributed by atoms with Crippen LogP contribution in [0.3, 0.4) is 0 Å². The summed E-state index contributed by atoms with van der Waals surface area (Å²) >= 11 is 0. The van der Waals surface area contributed by atoms with Gasteiger partial charge in [-0.05, 0) is 29.9 Å². The lowest BCUT2D eigenvalue weighted by atomic mass is 9.93. The van der Waals surface area contributed by atoms with E-state index in [2.05, 4.69) is 31.2 Å². The molecule has 2 heteroatoms. The van der Waals surface area contributed by atoms with Crippen molar-refractivity contribution in [3.05, 3.63) is 46.5 Å². The van der Waals surface area contributed by atoms with Crippen molar-refractivity contribution in [1.82, 2.24) is 0 Å². The molecular formula is C15H14O2. The summed E-state index contributed by atoms with van der Waals surface area (Å²) in [6.45, 7) is 2.10. The fourth-order valence-corrected chi connectivity index (χ4v) is 4.19. The standard InChI is InChI=1S/C15H14O2/c1-7-10-8-5-3-4-6-9(8)12-13(10)14(12)11(7)15(16)17-2/h3-6,10,12-14H,1-2H3. The van der Waals surface area contributed by atoms with Crippen LogP contribution in [0.2, 0.25) is 0 Å². The summed E-state index contributed by atoms with van der Waals surface area (Å²) in [4.78, 5) is 11.9. The van der Waals surface area contributed by atoms with E-state index in [1.165, 1.54) is 23.8 Å². The van der Waals surface area contributed by atoms with E-state index in [0.717, 1.165) is 5.57 Å². The Labute approximate surface area is 100 Å². The second-order valence-electron chi connectivity index (χ2n) is 5.32. The number of hydrogen-bond donors (Lipinski definition) is 0. The largest absolute Gasteiger partial charge is 0.466 e. The molecule has 17 heavy (non-hydrogen) atoms. The van der Waals surface area contributed by atoms with Crippen LogP contribution in [0.4, 0.5) is 0 Å². The third kappa shape index (κ3) is 0.912. The Morgan fingerprint density at radius 2 is 1.88 bits per heavy atom. The van der Waals surface area contributed by atoms with E-state index in [1.807, 2.05) is 0 Å². The third-order valence-corrected chi connectivity index (χ3v) is 4.78. The van der Waals surface area contributed by atoms with Crippen molar-refractivity contribution < 1.29 is 9.53 Å². The molecule has 0 saturated heterocycles. The molecule has 0 aromatic heterocycles. The minimum Gasteiger partial charge on any atom is -0.466 e. The Kier molecular flexibility index (Phi) is 1.56. The first-order chi connectivity index (χ1) is 8.25. The van der Waals surface area contributed by atoms with E-state index in [1.54, 1.807) is 0 Å². The van der Waals surface area contributed by atoms with Crippen LogP contribution in [0.25, 0.3) is 0 Å². The molecule has 0 heterocycles. The molecular weight excluding hydrogens is 212 g/mol. The van der Waals surface area contributed by atoms with Gasteiger partial charge >= 0.3 is 5.97 Å². The van der Waals surface area contributed by atoms with Gasteiger partial charge in [0.2, 0.25) is 0 Å². The normalized spacial score (nSPS) is 35.6. The molecule has 3 aliphatic carbocycles. The van der Waals surface area contributed by atoms with Crippen LogP contribution in [0.1, 0.15) is 29.9 Å². The maximum atomic E-state index is 11.9. The topological polar surface area (TPSA) is 26.3 Å². The molecule has 0 bridgehead atoms. The number of methoxy groups -OCH3 is 1. The summed E-state index contributed by atoms with van der Waals surface area (Å²) in [6.07, 6.45) is 0. The average molecular weight is 226 g/mol. The quantitative estimate of drug-likeness (QED) is 0.688. The Morgan fingerprint density at radius 3 is 2.59 bits per heavy atom. The Bertz CT molecular complexity index is 570. The van der Waals surface area contributed by atoms with Crippen LogP contribution < -0.4 is 0 Å². The van der Waals surface area contributed by atoms with Gasteiger partial charge in [0.15, 0.2) is 0 Å². The van der Waals surface area contributed by atoms with E-state index in [9.17, 15) is 4.79 Å². The lowest BCUT2D eigenvalue weighted by molar-refractivity contribution is -0.136. The van der Waals surface area contributed by atoms with Gasteiger partial charge in [0, 0.05) is 17.4 Å². The SMILES string of the molecule is COC(=O)C1=C(C)C2c3ccccc3C3C1C23. The maximum Gasteiger partial charge on any atom is 0.334 e. The van der Waals surface area contributed by atoms with Gasteiger partial charge in [-0.3, -0.25) is 0 Å². The van der Waals surface area contributed by atoms with Crippen LogP contribution in [0, 0.1) is 11.8 Å². The van der Waals surface area contributed by atoms with Crippen molar-refractivity contribution in [2.24, 2.45) is 11.8 Å². The lowest BCUT2D eigenvalue weighted by Crippen LogP contribution is -2.07. The van der Waals surface area contributed by atoms with Crippen LogP contribution in [-0.2, 0) is 9.53 Å². The molecule has 4 unspecified atom stereocenters. The van der Waals surface area contributed by atoms with Crippen molar-refractivity contribution in [3.63, 3.8) is 0 Å². The molecule has 1 aromatic carbocycles. The van der Waals surface area contributed by atoms with Gasteiger partial charge in [0.1, 0.15) is 0 Å². The molecule has 3 aliphatic rings. The first-order valence-corrected chi connectivity index (χ1v) is 6.13. The number of allylic oxidation sites excluding steroid dienone is 1. The Morgan fingerprint density at radius 1 is 1.18 bits per heavy atom. The van der Waals surface area contributed by atoms with Crippen LogP contribution in [-0.4, -0.2) is 13.1 Å². The number of carbonyl (C=O) groups is 1. The highest BCUT2D eigenvalue weighted by Gasteiger charge is 2.67. The van der Waals surface area contributed by atoms with Crippen LogP contribution in [0.5, 0.6) is 0 Å². The van der Waals surface area contributed by atoms with Crippen molar-refractivity contribution in [1.29, 1.82) is 0 Å². The summed E-state index contributed by atoms with van der Waals surface area (Å²) in [5.41, 5.74) is 5.11. The van der Waals surface area contributed by atoms with Gasteiger partial charge < -0.3 is 4.74 Å². The van der Waals surface area contributed by atoms with E-state index in [0.29, 0.717) is 23.7 Å². The van der Waals surface area contributed by atoms with E-state index >= 15 is 0 Å². The summed E-state index contributed by atoms with van der Waals surface area (Å²) in [6, 6.07) is 8.64. The zero-order valence-electron chi connectivity index (χ0n) is 9.94.